The quantitative estimate of drug-likeness (QED) is 0.844. The lowest BCUT2D eigenvalue weighted by atomic mass is 10.1. The first-order valence-corrected chi connectivity index (χ1v) is 10.7. The molecule has 2 aromatic rings. The average molecular weight is 395 g/mol. The molecule has 0 bridgehead atoms. The first-order valence-electron chi connectivity index (χ1n) is 8.40. The van der Waals surface area contributed by atoms with Crippen molar-refractivity contribution >= 4 is 27.3 Å². The number of carbonyl (C=O) groups is 1. The minimum atomic E-state index is -3.48. The lowest BCUT2D eigenvalue weighted by molar-refractivity contribution is 0.0731. The number of nitrogens with one attached hydrogen (secondary N) is 1. The number of nitrogens with zero attached hydrogens (tertiary/aromatic N) is 1. The highest BCUT2D eigenvalue weighted by Gasteiger charge is 2.27. The van der Waals surface area contributed by atoms with Gasteiger partial charge in [-0.05, 0) is 49.2 Å². The third-order valence-electron chi connectivity index (χ3n) is 4.39. The summed E-state index contributed by atoms with van der Waals surface area (Å²) in [6.07, 6.45) is 0. The molecule has 0 spiro atoms. The van der Waals surface area contributed by atoms with E-state index in [-0.39, 0.29) is 5.91 Å². The summed E-state index contributed by atoms with van der Waals surface area (Å²) >= 11 is 1.19. The first-order chi connectivity index (χ1) is 12.4. The molecule has 1 aliphatic heterocycles. The van der Waals surface area contributed by atoms with E-state index >= 15 is 0 Å². The number of hydrogen-bond acceptors (Lipinski definition) is 5. The highest BCUT2D eigenvalue weighted by molar-refractivity contribution is 7.91. The van der Waals surface area contributed by atoms with Gasteiger partial charge in [0.2, 0.25) is 0 Å². The first kappa shape index (κ1) is 19.0. The molecule has 2 heterocycles. The van der Waals surface area contributed by atoms with Crippen LogP contribution in [0.3, 0.4) is 0 Å². The van der Waals surface area contributed by atoms with Crippen LogP contribution < -0.4 is 5.32 Å². The molecule has 0 unspecified atom stereocenters. The Morgan fingerprint density at radius 1 is 1.15 bits per heavy atom. The average Bonchev–Trinajstić information content (AvgIpc) is 3.12. The molecule has 0 saturated carbocycles. The fourth-order valence-corrected chi connectivity index (χ4v) is 5.52. The Bertz CT molecular complexity index is 900. The molecule has 1 aromatic heterocycles. The van der Waals surface area contributed by atoms with E-state index in [9.17, 15) is 13.2 Å². The topological polar surface area (TPSA) is 75.7 Å². The molecule has 8 heteroatoms. The molecular formula is C18H22N2O4S2. The molecular weight excluding hydrogens is 372 g/mol. The maximum Gasteiger partial charge on any atom is 0.252 e. The van der Waals surface area contributed by atoms with Crippen LogP contribution in [0.2, 0.25) is 0 Å². The zero-order chi connectivity index (χ0) is 18.7. The predicted octanol–water partition coefficient (Wildman–Crippen LogP) is 2.32. The number of rotatable bonds is 5. The summed E-state index contributed by atoms with van der Waals surface area (Å²) < 4.78 is 32.2. The predicted molar refractivity (Wildman–Crippen MR) is 101 cm³/mol. The Morgan fingerprint density at radius 3 is 2.58 bits per heavy atom. The number of ether oxygens (including phenoxy) is 1. The second-order valence-corrected chi connectivity index (χ2v) is 9.55. The number of aryl methyl sites for hydroxylation is 2. The van der Waals surface area contributed by atoms with Crippen molar-refractivity contribution < 1.29 is 17.9 Å². The molecule has 0 atom stereocenters. The smallest absolute Gasteiger partial charge is 0.252 e. The maximum atomic E-state index is 12.6. The molecule has 1 aromatic carbocycles. The minimum Gasteiger partial charge on any atom is -0.379 e. The number of thiophene rings is 1. The van der Waals surface area contributed by atoms with E-state index in [2.05, 4.69) is 5.32 Å². The van der Waals surface area contributed by atoms with Crippen LogP contribution in [0.25, 0.3) is 0 Å². The van der Waals surface area contributed by atoms with Crippen LogP contribution in [0.5, 0.6) is 0 Å². The van der Waals surface area contributed by atoms with Gasteiger partial charge in [0.05, 0.1) is 19.8 Å². The lowest BCUT2D eigenvalue weighted by Crippen LogP contribution is -2.40. The van der Waals surface area contributed by atoms with Gasteiger partial charge in [0, 0.05) is 23.5 Å². The van der Waals surface area contributed by atoms with Crippen LogP contribution in [0.4, 0.5) is 0 Å². The number of hydrogen-bond donors (Lipinski definition) is 1. The van der Waals surface area contributed by atoms with E-state index in [4.69, 9.17) is 4.74 Å². The minimum absolute atomic E-state index is 0.168. The third-order valence-corrected chi connectivity index (χ3v) is 7.84. The monoisotopic (exact) mass is 394 g/mol. The number of morpholine rings is 1. The Hall–Kier alpha value is -1.74. The normalized spacial score (nSPS) is 15.8. The van der Waals surface area contributed by atoms with Gasteiger partial charge in [-0.3, -0.25) is 4.79 Å². The SMILES string of the molecule is Cc1ccc(C(=O)NCc2ccc(S(=O)(=O)N3CCOCC3)s2)cc1C. The van der Waals surface area contributed by atoms with E-state index in [0.717, 1.165) is 16.0 Å². The molecule has 1 amide bonds. The van der Waals surface area contributed by atoms with Crippen molar-refractivity contribution in [3.63, 3.8) is 0 Å². The standard InChI is InChI=1S/C18H22N2O4S2/c1-13-3-4-15(11-14(13)2)18(21)19-12-16-5-6-17(25-16)26(22,23)20-7-9-24-10-8-20/h3-6,11H,7-10,12H2,1-2H3,(H,19,21). The van der Waals surface area contributed by atoms with E-state index in [0.29, 0.717) is 42.6 Å². The number of sulfonamides is 1. The molecule has 1 saturated heterocycles. The van der Waals surface area contributed by atoms with Gasteiger partial charge >= 0.3 is 0 Å². The van der Waals surface area contributed by atoms with E-state index in [1.54, 1.807) is 18.2 Å². The lowest BCUT2D eigenvalue weighted by Gasteiger charge is -2.25. The van der Waals surface area contributed by atoms with Gasteiger partial charge in [-0.1, -0.05) is 6.07 Å². The van der Waals surface area contributed by atoms with E-state index < -0.39 is 10.0 Å². The molecule has 0 aliphatic carbocycles. The Morgan fingerprint density at radius 2 is 1.88 bits per heavy atom. The van der Waals surface area contributed by atoms with E-state index in [1.165, 1.54) is 15.6 Å². The van der Waals surface area contributed by atoms with Crippen LogP contribution in [0.1, 0.15) is 26.4 Å². The summed E-state index contributed by atoms with van der Waals surface area (Å²) in [7, 11) is -3.48. The van der Waals surface area contributed by atoms with Crippen LogP contribution in [0.15, 0.2) is 34.5 Å². The summed E-state index contributed by atoms with van der Waals surface area (Å²) in [5.41, 5.74) is 2.80. The molecule has 6 nitrogen and oxygen atoms in total. The molecule has 3 rings (SSSR count). The molecule has 1 fully saturated rings. The Balaban J connectivity index is 1.64. The van der Waals surface area contributed by atoms with Crippen molar-refractivity contribution in [3.05, 3.63) is 51.9 Å². The van der Waals surface area contributed by atoms with Gasteiger partial charge in [-0.2, -0.15) is 4.31 Å². The summed E-state index contributed by atoms with van der Waals surface area (Å²) in [6, 6.07) is 8.92. The number of benzene rings is 1. The van der Waals surface area contributed by atoms with Crippen molar-refractivity contribution in [3.8, 4) is 0 Å². The summed E-state index contributed by atoms with van der Waals surface area (Å²) in [5.74, 6) is -0.168. The second-order valence-electron chi connectivity index (χ2n) is 6.22. The third kappa shape index (κ3) is 4.15. The van der Waals surface area contributed by atoms with Crippen LogP contribution >= 0.6 is 11.3 Å². The largest absolute Gasteiger partial charge is 0.379 e. The van der Waals surface area contributed by atoms with Crippen LogP contribution in [0, 0.1) is 13.8 Å². The zero-order valence-corrected chi connectivity index (χ0v) is 16.5. The van der Waals surface area contributed by atoms with Crippen LogP contribution in [-0.2, 0) is 21.3 Å². The Labute approximate surface area is 157 Å². The van der Waals surface area contributed by atoms with Crippen molar-refractivity contribution in [2.75, 3.05) is 26.3 Å². The van der Waals surface area contributed by atoms with Gasteiger partial charge in [-0.25, -0.2) is 8.42 Å². The van der Waals surface area contributed by atoms with Gasteiger partial charge in [-0.15, -0.1) is 11.3 Å². The molecule has 1 aliphatic rings. The van der Waals surface area contributed by atoms with Gasteiger partial charge in [0.1, 0.15) is 4.21 Å². The van der Waals surface area contributed by atoms with Crippen molar-refractivity contribution in [2.45, 2.75) is 24.6 Å². The van der Waals surface area contributed by atoms with Crippen molar-refractivity contribution in [1.82, 2.24) is 9.62 Å². The van der Waals surface area contributed by atoms with Crippen molar-refractivity contribution in [1.29, 1.82) is 0 Å². The summed E-state index contributed by atoms with van der Waals surface area (Å²) in [4.78, 5) is 13.1. The number of amides is 1. The highest BCUT2D eigenvalue weighted by atomic mass is 32.2. The van der Waals surface area contributed by atoms with E-state index in [1.807, 2.05) is 26.0 Å². The molecule has 26 heavy (non-hydrogen) atoms. The molecule has 140 valence electrons. The summed E-state index contributed by atoms with van der Waals surface area (Å²) in [6.45, 7) is 5.85. The van der Waals surface area contributed by atoms with Gasteiger partial charge in [0.25, 0.3) is 15.9 Å². The van der Waals surface area contributed by atoms with Gasteiger partial charge < -0.3 is 10.1 Å². The zero-order valence-electron chi connectivity index (χ0n) is 14.8. The maximum absolute atomic E-state index is 12.6. The highest BCUT2D eigenvalue weighted by Crippen LogP contribution is 2.25. The Kier molecular flexibility index (Phi) is 5.76. The summed E-state index contributed by atoms with van der Waals surface area (Å²) in [5, 5.41) is 2.85. The van der Waals surface area contributed by atoms with Crippen molar-refractivity contribution in [2.24, 2.45) is 0 Å². The number of carbonyl (C=O) groups excluding carboxylic acids is 1. The van der Waals surface area contributed by atoms with Crippen LogP contribution in [-0.4, -0.2) is 44.9 Å². The van der Waals surface area contributed by atoms with Gasteiger partial charge in [0.15, 0.2) is 0 Å². The second kappa shape index (κ2) is 7.87. The fourth-order valence-electron chi connectivity index (χ4n) is 2.66. The fraction of sp³-hybridized carbons (Fsp3) is 0.389. The molecule has 1 N–H and O–H groups in total. The molecule has 0 radical (unpaired) electrons.